The third kappa shape index (κ3) is 6.69. The summed E-state index contributed by atoms with van der Waals surface area (Å²) >= 11 is 3.43. The second kappa shape index (κ2) is 12.8. The number of carbonyl (C=O) groups is 3. The number of aliphatic hydroxyl groups is 1. The largest absolute Gasteiger partial charge is 0.461 e. The maximum Gasteiger partial charge on any atom is 0.417 e. The number of nitrogens with zero attached hydrogens (tertiary/aromatic N) is 1. The quantitative estimate of drug-likeness (QED) is 0.311. The molecule has 1 aliphatic heterocycles. The summed E-state index contributed by atoms with van der Waals surface area (Å²) in [6, 6.07) is 9.96. The Morgan fingerprint density at radius 1 is 1.26 bits per heavy atom. The second-order valence-corrected chi connectivity index (χ2v) is 8.61. The van der Waals surface area contributed by atoms with E-state index in [1.807, 2.05) is 6.07 Å². The third-order valence-electron chi connectivity index (χ3n) is 5.35. The van der Waals surface area contributed by atoms with E-state index in [-0.39, 0.29) is 25.6 Å². The Morgan fingerprint density at radius 3 is 2.66 bits per heavy atom. The highest BCUT2D eigenvalue weighted by molar-refractivity contribution is 9.10. The van der Waals surface area contributed by atoms with Crippen LogP contribution in [-0.4, -0.2) is 67.6 Å². The minimum absolute atomic E-state index is 0.00193. The predicted octanol–water partition coefficient (Wildman–Crippen LogP) is 3.32. The molecule has 0 spiro atoms. The molecule has 1 fully saturated rings. The van der Waals surface area contributed by atoms with Crippen LogP contribution >= 0.6 is 15.9 Å². The summed E-state index contributed by atoms with van der Waals surface area (Å²) in [4.78, 5) is 39.0. The van der Waals surface area contributed by atoms with Crippen LogP contribution in [0.3, 0.4) is 0 Å². The Hall–Kier alpha value is -2.73. The first-order valence-electron chi connectivity index (χ1n) is 11.1. The normalized spacial score (nSPS) is 17.2. The van der Waals surface area contributed by atoms with E-state index >= 15 is 0 Å². The topological polar surface area (TPSA) is 125 Å². The van der Waals surface area contributed by atoms with Gasteiger partial charge in [0.05, 0.1) is 17.7 Å². The number of aryl methyl sites for hydroxylation is 1. The number of furan rings is 1. The first-order chi connectivity index (χ1) is 16.9. The van der Waals surface area contributed by atoms with Gasteiger partial charge in [0.1, 0.15) is 24.2 Å². The number of halogens is 1. The highest BCUT2D eigenvalue weighted by Gasteiger charge is 2.46. The molecule has 0 bridgehead atoms. The fourth-order valence-corrected chi connectivity index (χ4v) is 4.27. The molecule has 35 heavy (non-hydrogen) atoms. The van der Waals surface area contributed by atoms with Crippen LogP contribution in [-0.2, 0) is 35.0 Å². The molecule has 11 heteroatoms. The van der Waals surface area contributed by atoms with Gasteiger partial charge in [-0.3, -0.25) is 9.59 Å². The highest BCUT2D eigenvalue weighted by atomic mass is 79.9. The van der Waals surface area contributed by atoms with Gasteiger partial charge in [-0.15, -0.1) is 0 Å². The summed E-state index contributed by atoms with van der Waals surface area (Å²) in [6.45, 7) is 1.82. The van der Waals surface area contributed by atoms with Crippen molar-refractivity contribution in [2.75, 3.05) is 33.5 Å². The van der Waals surface area contributed by atoms with Crippen LogP contribution < -0.4 is 0 Å². The fourth-order valence-electron chi connectivity index (χ4n) is 3.76. The molecule has 3 rings (SSSR count). The van der Waals surface area contributed by atoms with Crippen molar-refractivity contribution in [2.24, 2.45) is 0 Å². The molecule has 2 heterocycles. The zero-order valence-electron chi connectivity index (χ0n) is 19.5. The molecule has 3 atom stereocenters. The molecule has 1 saturated heterocycles. The second-order valence-electron chi connectivity index (χ2n) is 7.76. The number of carbonyl (C=O) groups excluding carboxylic acids is 3. The van der Waals surface area contributed by atoms with Crippen molar-refractivity contribution in [3.8, 4) is 0 Å². The molecular formula is C24H28BrNO9. The van der Waals surface area contributed by atoms with E-state index in [0.29, 0.717) is 29.7 Å². The van der Waals surface area contributed by atoms with Crippen molar-refractivity contribution < 1.29 is 42.9 Å². The van der Waals surface area contributed by atoms with Crippen LogP contribution in [0.1, 0.15) is 42.6 Å². The number of hydrogen-bond donors (Lipinski definition) is 1. The number of rotatable bonds is 12. The van der Waals surface area contributed by atoms with E-state index in [4.69, 9.17) is 28.5 Å². The van der Waals surface area contributed by atoms with Gasteiger partial charge in [-0.1, -0.05) is 30.3 Å². The van der Waals surface area contributed by atoms with Gasteiger partial charge < -0.3 is 28.5 Å². The van der Waals surface area contributed by atoms with Crippen LogP contribution in [0.15, 0.2) is 45.3 Å². The Bertz CT molecular complexity index is 1010. The first-order valence-corrected chi connectivity index (χ1v) is 11.9. The monoisotopic (exact) mass is 553 g/mol. The average molecular weight is 554 g/mol. The maximum absolute atomic E-state index is 13.5. The highest BCUT2D eigenvalue weighted by Crippen LogP contribution is 2.35. The molecule has 1 aromatic heterocycles. The molecule has 3 unspecified atom stereocenters. The van der Waals surface area contributed by atoms with Crippen LogP contribution in [0.25, 0.3) is 0 Å². The number of imide groups is 1. The summed E-state index contributed by atoms with van der Waals surface area (Å²) in [7, 11) is 1.29. The first kappa shape index (κ1) is 26.9. The number of hydrogen-bond acceptors (Lipinski definition) is 9. The van der Waals surface area contributed by atoms with Gasteiger partial charge in [0.15, 0.2) is 12.2 Å². The van der Waals surface area contributed by atoms with Gasteiger partial charge in [-0.05, 0) is 34.0 Å². The van der Waals surface area contributed by atoms with Crippen molar-refractivity contribution in [3.05, 3.63) is 58.0 Å². The molecule has 10 nitrogen and oxygen atoms in total. The average Bonchev–Trinajstić information content (AvgIpc) is 3.41. The van der Waals surface area contributed by atoms with Gasteiger partial charge in [-0.25, -0.2) is 9.69 Å². The predicted molar refractivity (Wildman–Crippen MR) is 125 cm³/mol. The number of aliphatic hydroxyl groups excluding tert-OH is 1. The van der Waals surface area contributed by atoms with E-state index in [2.05, 4.69) is 15.9 Å². The molecule has 1 aromatic carbocycles. The van der Waals surface area contributed by atoms with Crippen molar-refractivity contribution in [2.45, 2.75) is 38.0 Å². The minimum Gasteiger partial charge on any atom is -0.461 e. The Balaban J connectivity index is 1.84. The van der Waals surface area contributed by atoms with E-state index in [9.17, 15) is 14.4 Å². The van der Waals surface area contributed by atoms with Gasteiger partial charge >= 0.3 is 12.1 Å². The molecular weight excluding hydrogens is 526 g/mol. The van der Waals surface area contributed by atoms with E-state index in [1.165, 1.54) is 14.0 Å². The van der Waals surface area contributed by atoms with Gasteiger partial charge in [0.2, 0.25) is 0 Å². The van der Waals surface area contributed by atoms with Gasteiger partial charge in [0.25, 0.3) is 5.91 Å². The third-order valence-corrected chi connectivity index (χ3v) is 6.02. The van der Waals surface area contributed by atoms with Crippen LogP contribution in [0.5, 0.6) is 0 Å². The standard InChI is InChI=1S/C24H28BrNO9/c1-15(28)34-21(20-13-17(25)19(35-20)9-6-11-32-12-10-27)22(31-2)23(29)26-18(14-33-24(26)30)16-7-4-3-5-8-16/h3-5,7-8,13,18,21-22,27H,6,9-12,14H2,1-2H3. The lowest BCUT2D eigenvalue weighted by Crippen LogP contribution is -2.45. The summed E-state index contributed by atoms with van der Waals surface area (Å²) in [5, 5.41) is 8.80. The summed E-state index contributed by atoms with van der Waals surface area (Å²) in [6.07, 6.45) is -2.30. The van der Waals surface area contributed by atoms with E-state index < -0.39 is 36.2 Å². The number of amides is 2. The molecule has 0 radical (unpaired) electrons. The van der Waals surface area contributed by atoms with E-state index in [0.717, 1.165) is 10.5 Å². The van der Waals surface area contributed by atoms with Gasteiger partial charge in [0, 0.05) is 27.1 Å². The van der Waals surface area contributed by atoms with Crippen LogP contribution in [0.2, 0.25) is 0 Å². The molecule has 1 N–H and O–H groups in total. The summed E-state index contributed by atoms with van der Waals surface area (Å²) in [5.74, 6) is -0.626. The number of methoxy groups -OCH3 is 1. The number of benzene rings is 1. The van der Waals surface area contributed by atoms with Crippen molar-refractivity contribution in [1.82, 2.24) is 4.90 Å². The molecule has 0 aliphatic carbocycles. The Kier molecular flexibility index (Phi) is 9.84. The Labute approximate surface area is 211 Å². The number of esters is 1. The lowest BCUT2D eigenvalue weighted by molar-refractivity contribution is -0.164. The summed E-state index contributed by atoms with van der Waals surface area (Å²) < 4.78 is 27.9. The lowest BCUT2D eigenvalue weighted by atomic mass is 10.0. The van der Waals surface area contributed by atoms with E-state index in [1.54, 1.807) is 30.3 Å². The molecule has 1 aliphatic rings. The zero-order chi connectivity index (χ0) is 25.4. The Morgan fingerprint density at radius 2 is 2.00 bits per heavy atom. The molecule has 2 aromatic rings. The molecule has 2 amide bonds. The number of ether oxygens (including phenoxy) is 4. The molecule has 190 valence electrons. The number of cyclic esters (lactones) is 1. The fraction of sp³-hybridized carbons (Fsp3) is 0.458. The van der Waals surface area contributed by atoms with Crippen molar-refractivity contribution >= 4 is 33.9 Å². The zero-order valence-corrected chi connectivity index (χ0v) is 21.1. The van der Waals surface area contributed by atoms with Crippen molar-refractivity contribution in [3.63, 3.8) is 0 Å². The van der Waals surface area contributed by atoms with Crippen molar-refractivity contribution in [1.29, 1.82) is 0 Å². The summed E-state index contributed by atoms with van der Waals surface area (Å²) in [5.41, 5.74) is 0.719. The maximum atomic E-state index is 13.5. The minimum atomic E-state index is -1.37. The lowest BCUT2D eigenvalue weighted by Gasteiger charge is -2.28. The SMILES string of the molecule is COC(C(=O)N1C(=O)OCC1c1ccccc1)C(OC(C)=O)c1cc(Br)c(CCCOCCO)o1. The smallest absolute Gasteiger partial charge is 0.417 e. The molecule has 0 saturated carbocycles. The van der Waals surface area contributed by atoms with Gasteiger partial charge in [-0.2, -0.15) is 0 Å². The van der Waals surface area contributed by atoms with Crippen LogP contribution in [0, 0.1) is 0 Å². The van der Waals surface area contributed by atoms with Crippen LogP contribution in [0.4, 0.5) is 4.79 Å².